The summed E-state index contributed by atoms with van der Waals surface area (Å²) in [5.74, 6) is 1.31. The topological polar surface area (TPSA) is 64.2 Å². The van der Waals surface area contributed by atoms with Crippen LogP contribution >= 0.6 is 11.3 Å². The second kappa shape index (κ2) is 7.83. The van der Waals surface area contributed by atoms with Crippen molar-refractivity contribution in [3.05, 3.63) is 65.1 Å². The fourth-order valence-corrected chi connectivity index (χ4v) is 4.60. The van der Waals surface area contributed by atoms with E-state index in [2.05, 4.69) is 31.0 Å². The number of anilines is 1. The number of carbonyl (C=O) groups is 1. The summed E-state index contributed by atoms with van der Waals surface area (Å²) in [6, 6.07) is 5.99. The predicted octanol–water partition coefficient (Wildman–Crippen LogP) is 5.06. The van der Waals surface area contributed by atoms with Gasteiger partial charge in [-0.2, -0.15) is 0 Å². The molecule has 7 heteroatoms. The first-order chi connectivity index (χ1) is 13.9. The summed E-state index contributed by atoms with van der Waals surface area (Å²) < 4.78 is 8.75. The van der Waals surface area contributed by atoms with Gasteiger partial charge in [-0.25, -0.2) is 9.97 Å². The average molecular weight is 409 g/mol. The molecule has 0 saturated carbocycles. The summed E-state index contributed by atoms with van der Waals surface area (Å²) in [6.07, 6.45) is 6.28. The molecule has 150 valence electrons. The van der Waals surface area contributed by atoms with Crippen molar-refractivity contribution in [3.8, 4) is 0 Å². The van der Waals surface area contributed by atoms with Crippen molar-refractivity contribution in [2.24, 2.45) is 0 Å². The Morgan fingerprint density at radius 3 is 2.66 bits per heavy atom. The molecular formula is C22H24N4O2S. The number of thiazole rings is 1. The molecule has 0 aliphatic heterocycles. The Bertz CT molecular complexity index is 1120. The second-order valence-electron chi connectivity index (χ2n) is 7.31. The van der Waals surface area contributed by atoms with Gasteiger partial charge in [-0.3, -0.25) is 9.69 Å². The number of aryl methyl sites for hydroxylation is 5. The molecule has 0 saturated heterocycles. The van der Waals surface area contributed by atoms with Crippen molar-refractivity contribution in [2.45, 2.75) is 40.7 Å². The van der Waals surface area contributed by atoms with Gasteiger partial charge in [-0.1, -0.05) is 23.5 Å². The molecule has 0 fully saturated rings. The van der Waals surface area contributed by atoms with Gasteiger partial charge in [-0.05, 0) is 51.3 Å². The minimum Gasteiger partial charge on any atom is -0.466 e. The zero-order valence-corrected chi connectivity index (χ0v) is 17.9. The molecule has 0 N–H and O–H groups in total. The number of hydrogen-bond acceptors (Lipinski definition) is 5. The molecule has 1 aromatic carbocycles. The SMILES string of the molecule is Cc1cc(C(=O)N(CCCn2ccnc2)c2nc3c(C)ccc(C)c3s2)c(C)o1. The Morgan fingerprint density at radius 2 is 2.00 bits per heavy atom. The highest BCUT2D eigenvalue weighted by Crippen LogP contribution is 2.34. The minimum atomic E-state index is -0.0701. The van der Waals surface area contributed by atoms with Crippen LogP contribution in [0.4, 0.5) is 5.13 Å². The summed E-state index contributed by atoms with van der Waals surface area (Å²) in [5.41, 5.74) is 3.86. The number of rotatable bonds is 6. The molecule has 3 aromatic heterocycles. The van der Waals surface area contributed by atoms with Crippen LogP contribution in [0.15, 0.2) is 41.3 Å². The van der Waals surface area contributed by atoms with Crippen LogP contribution in [0.5, 0.6) is 0 Å². The highest BCUT2D eigenvalue weighted by molar-refractivity contribution is 7.22. The van der Waals surface area contributed by atoms with Gasteiger partial charge >= 0.3 is 0 Å². The summed E-state index contributed by atoms with van der Waals surface area (Å²) in [7, 11) is 0. The number of benzene rings is 1. The van der Waals surface area contributed by atoms with E-state index in [0.29, 0.717) is 17.9 Å². The zero-order chi connectivity index (χ0) is 20.5. The summed E-state index contributed by atoms with van der Waals surface area (Å²) in [5, 5.41) is 0.728. The monoisotopic (exact) mass is 408 g/mol. The van der Waals surface area contributed by atoms with E-state index in [0.717, 1.165) is 39.6 Å². The summed E-state index contributed by atoms with van der Waals surface area (Å²) in [4.78, 5) is 24.2. The highest BCUT2D eigenvalue weighted by atomic mass is 32.1. The molecule has 0 radical (unpaired) electrons. The quantitative estimate of drug-likeness (QED) is 0.447. The first-order valence-corrected chi connectivity index (χ1v) is 10.5. The summed E-state index contributed by atoms with van der Waals surface area (Å²) in [6.45, 7) is 9.18. The number of furan rings is 1. The van der Waals surface area contributed by atoms with Crippen LogP contribution in [-0.4, -0.2) is 27.0 Å². The van der Waals surface area contributed by atoms with E-state index in [9.17, 15) is 4.79 Å². The lowest BCUT2D eigenvalue weighted by atomic mass is 10.1. The molecule has 3 heterocycles. The smallest absolute Gasteiger partial charge is 0.263 e. The van der Waals surface area contributed by atoms with Crippen molar-refractivity contribution in [2.75, 3.05) is 11.4 Å². The Morgan fingerprint density at radius 1 is 1.21 bits per heavy atom. The fourth-order valence-electron chi connectivity index (χ4n) is 3.47. The van der Waals surface area contributed by atoms with E-state index in [1.807, 2.05) is 30.7 Å². The van der Waals surface area contributed by atoms with E-state index in [4.69, 9.17) is 9.40 Å². The Kier molecular flexibility index (Phi) is 5.24. The van der Waals surface area contributed by atoms with Crippen molar-refractivity contribution in [1.29, 1.82) is 0 Å². The van der Waals surface area contributed by atoms with Crippen molar-refractivity contribution < 1.29 is 9.21 Å². The average Bonchev–Trinajstić information content (AvgIpc) is 3.42. The maximum Gasteiger partial charge on any atom is 0.263 e. The van der Waals surface area contributed by atoms with E-state index in [-0.39, 0.29) is 5.91 Å². The predicted molar refractivity (Wildman–Crippen MR) is 116 cm³/mol. The van der Waals surface area contributed by atoms with Crippen molar-refractivity contribution in [1.82, 2.24) is 14.5 Å². The lowest BCUT2D eigenvalue weighted by Gasteiger charge is -2.19. The van der Waals surface area contributed by atoms with Crippen molar-refractivity contribution >= 4 is 32.6 Å². The van der Waals surface area contributed by atoms with Gasteiger partial charge in [0.25, 0.3) is 5.91 Å². The maximum atomic E-state index is 13.4. The lowest BCUT2D eigenvalue weighted by molar-refractivity contribution is 0.0985. The molecule has 4 rings (SSSR count). The first-order valence-electron chi connectivity index (χ1n) is 9.65. The molecule has 0 atom stereocenters. The van der Waals surface area contributed by atoms with Gasteiger partial charge in [-0.15, -0.1) is 0 Å². The zero-order valence-electron chi connectivity index (χ0n) is 17.1. The van der Waals surface area contributed by atoms with E-state index in [1.54, 1.807) is 28.8 Å². The normalized spacial score (nSPS) is 11.3. The largest absolute Gasteiger partial charge is 0.466 e. The molecule has 6 nitrogen and oxygen atoms in total. The third-order valence-corrected chi connectivity index (χ3v) is 6.25. The molecule has 29 heavy (non-hydrogen) atoms. The Labute approximate surface area is 173 Å². The molecular weight excluding hydrogens is 384 g/mol. The molecule has 0 bridgehead atoms. The second-order valence-corrected chi connectivity index (χ2v) is 8.29. The van der Waals surface area contributed by atoms with Crippen LogP contribution in [0.2, 0.25) is 0 Å². The van der Waals surface area contributed by atoms with Crippen LogP contribution in [0.3, 0.4) is 0 Å². The molecule has 1 amide bonds. The lowest BCUT2D eigenvalue weighted by Crippen LogP contribution is -2.32. The van der Waals surface area contributed by atoms with Gasteiger partial charge in [0.15, 0.2) is 5.13 Å². The maximum absolute atomic E-state index is 13.4. The van der Waals surface area contributed by atoms with Gasteiger partial charge in [0.05, 0.1) is 22.1 Å². The molecule has 0 unspecified atom stereocenters. The van der Waals surface area contributed by atoms with Gasteiger partial charge in [0, 0.05) is 25.5 Å². The number of carbonyl (C=O) groups excluding carboxylic acids is 1. The Hall–Kier alpha value is -2.93. The van der Waals surface area contributed by atoms with E-state index in [1.165, 1.54) is 5.56 Å². The van der Waals surface area contributed by atoms with Gasteiger partial charge < -0.3 is 8.98 Å². The van der Waals surface area contributed by atoms with Crippen molar-refractivity contribution in [3.63, 3.8) is 0 Å². The standard InChI is InChI=1S/C22H24N4O2S/c1-14-6-7-15(2)20-19(14)24-22(29-20)26(10-5-9-25-11-8-23-13-25)21(27)18-12-16(3)28-17(18)4/h6-8,11-13H,5,9-10H2,1-4H3. The first kappa shape index (κ1) is 19.4. The summed E-state index contributed by atoms with van der Waals surface area (Å²) >= 11 is 1.57. The minimum absolute atomic E-state index is 0.0701. The molecule has 0 spiro atoms. The number of nitrogens with zero attached hydrogens (tertiary/aromatic N) is 4. The third-order valence-electron chi connectivity index (χ3n) is 5.04. The van der Waals surface area contributed by atoms with Gasteiger partial charge in [0.1, 0.15) is 11.5 Å². The number of aromatic nitrogens is 3. The molecule has 0 aliphatic rings. The third kappa shape index (κ3) is 3.82. The molecule has 4 aromatic rings. The van der Waals surface area contributed by atoms with Crippen LogP contribution < -0.4 is 4.90 Å². The number of amides is 1. The molecule has 0 aliphatic carbocycles. The number of hydrogen-bond donors (Lipinski definition) is 0. The van der Waals surface area contributed by atoms with Crippen LogP contribution in [0.1, 0.15) is 39.4 Å². The van der Waals surface area contributed by atoms with Crippen LogP contribution in [-0.2, 0) is 6.54 Å². The fraction of sp³-hybridized carbons (Fsp3) is 0.318. The number of imidazole rings is 1. The number of fused-ring (bicyclic) bond motifs is 1. The van der Waals surface area contributed by atoms with E-state index < -0.39 is 0 Å². The Balaban J connectivity index is 1.69. The van der Waals surface area contributed by atoms with E-state index >= 15 is 0 Å². The van der Waals surface area contributed by atoms with Gasteiger partial charge in [0.2, 0.25) is 0 Å². The highest BCUT2D eigenvalue weighted by Gasteiger charge is 2.25. The van der Waals surface area contributed by atoms with Crippen LogP contribution in [0, 0.1) is 27.7 Å². The van der Waals surface area contributed by atoms with Crippen LogP contribution in [0.25, 0.3) is 10.2 Å².